The van der Waals surface area contributed by atoms with E-state index in [1.807, 2.05) is 0 Å². The maximum absolute atomic E-state index is 11.5. The van der Waals surface area contributed by atoms with E-state index >= 15 is 0 Å². The number of hydrogen-bond acceptors (Lipinski definition) is 7. The monoisotopic (exact) mass is 283 g/mol. The van der Waals surface area contributed by atoms with E-state index in [9.17, 15) is 24.8 Å². The van der Waals surface area contributed by atoms with Gasteiger partial charge in [-0.15, -0.1) is 0 Å². The standard InChI is InChI=1S/C12H13NO7/c1-6(15)8-4-10(19-3)12(20-7(2)16)9(5-14)11(8)13(17)18/h4,14H,5H2,1-3H3. The molecule has 1 aromatic rings. The van der Waals surface area contributed by atoms with Crippen molar-refractivity contribution in [1.82, 2.24) is 0 Å². The molecule has 0 unspecified atom stereocenters. The molecule has 0 radical (unpaired) electrons. The van der Waals surface area contributed by atoms with Gasteiger partial charge >= 0.3 is 5.97 Å². The molecule has 0 fully saturated rings. The highest BCUT2D eigenvalue weighted by atomic mass is 16.6. The minimum atomic E-state index is -0.811. The van der Waals surface area contributed by atoms with Gasteiger partial charge in [0, 0.05) is 13.0 Å². The minimum Gasteiger partial charge on any atom is -0.493 e. The van der Waals surface area contributed by atoms with Crippen molar-refractivity contribution in [3.8, 4) is 11.5 Å². The molecule has 0 saturated carbocycles. The van der Waals surface area contributed by atoms with Crippen LogP contribution in [-0.4, -0.2) is 28.9 Å². The molecule has 1 aromatic carbocycles. The van der Waals surface area contributed by atoms with E-state index in [4.69, 9.17) is 9.47 Å². The van der Waals surface area contributed by atoms with Crippen molar-refractivity contribution >= 4 is 17.4 Å². The van der Waals surface area contributed by atoms with Crippen LogP contribution in [0, 0.1) is 10.1 Å². The zero-order valence-electron chi connectivity index (χ0n) is 11.1. The zero-order valence-corrected chi connectivity index (χ0v) is 11.1. The Morgan fingerprint density at radius 1 is 1.40 bits per heavy atom. The summed E-state index contributed by atoms with van der Waals surface area (Å²) in [6, 6.07) is 1.11. The second-order valence-electron chi connectivity index (χ2n) is 3.85. The first kappa shape index (κ1) is 15.6. The number of esters is 1. The molecule has 0 aromatic heterocycles. The van der Waals surface area contributed by atoms with Crippen LogP contribution >= 0.6 is 0 Å². The second-order valence-corrected chi connectivity index (χ2v) is 3.85. The quantitative estimate of drug-likeness (QED) is 0.284. The number of nitrogens with zero attached hydrogens (tertiary/aromatic N) is 1. The fourth-order valence-corrected chi connectivity index (χ4v) is 1.71. The number of nitro groups is 1. The van der Waals surface area contributed by atoms with Crippen LogP contribution in [0.3, 0.4) is 0 Å². The number of nitro benzene ring substituents is 1. The fraction of sp³-hybridized carbons (Fsp3) is 0.333. The first-order valence-corrected chi connectivity index (χ1v) is 5.51. The van der Waals surface area contributed by atoms with Gasteiger partial charge in [-0.25, -0.2) is 0 Å². The lowest BCUT2D eigenvalue weighted by Crippen LogP contribution is -2.11. The van der Waals surface area contributed by atoms with Gasteiger partial charge in [-0.2, -0.15) is 0 Å². The van der Waals surface area contributed by atoms with Crippen LogP contribution in [0.15, 0.2) is 6.07 Å². The van der Waals surface area contributed by atoms with Gasteiger partial charge in [-0.3, -0.25) is 19.7 Å². The minimum absolute atomic E-state index is 0.0416. The van der Waals surface area contributed by atoms with Crippen LogP contribution in [0.2, 0.25) is 0 Å². The molecule has 0 atom stereocenters. The molecule has 0 heterocycles. The van der Waals surface area contributed by atoms with Crippen molar-refractivity contribution in [1.29, 1.82) is 0 Å². The lowest BCUT2D eigenvalue weighted by atomic mass is 10.0. The summed E-state index contributed by atoms with van der Waals surface area (Å²) in [5.41, 5.74) is -1.11. The summed E-state index contributed by atoms with van der Waals surface area (Å²) in [6.07, 6.45) is 0. The average molecular weight is 283 g/mol. The van der Waals surface area contributed by atoms with Crippen LogP contribution in [0.4, 0.5) is 5.69 Å². The van der Waals surface area contributed by atoms with E-state index in [1.54, 1.807) is 0 Å². The predicted molar refractivity (Wildman–Crippen MR) is 66.9 cm³/mol. The molecule has 108 valence electrons. The van der Waals surface area contributed by atoms with Crippen molar-refractivity contribution in [3.63, 3.8) is 0 Å². The van der Waals surface area contributed by atoms with Gasteiger partial charge in [-0.1, -0.05) is 0 Å². The van der Waals surface area contributed by atoms with Gasteiger partial charge in [0.1, 0.15) is 5.56 Å². The third kappa shape index (κ3) is 2.91. The van der Waals surface area contributed by atoms with Crippen LogP contribution in [0.5, 0.6) is 11.5 Å². The Kier molecular flexibility index (Phi) is 4.76. The number of aliphatic hydroxyl groups is 1. The number of aliphatic hydroxyl groups excluding tert-OH is 1. The van der Waals surface area contributed by atoms with Gasteiger partial charge in [-0.05, 0) is 6.92 Å². The van der Waals surface area contributed by atoms with Crippen molar-refractivity contribution in [2.45, 2.75) is 20.5 Å². The molecular formula is C12H13NO7. The van der Waals surface area contributed by atoms with Gasteiger partial charge in [0.2, 0.25) is 0 Å². The van der Waals surface area contributed by atoms with E-state index in [-0.39, 0.29) is 22.6 Å². The highest BCUT2D eigenvalue weighted by molar-refractivity contribution is 6.00. The van der Waals surface area contributed by atoms with Gasteiger partial charge < -0.3 is 14.6 Å². The predicted octanol–water partition coefficient (Wildman–Crippen LogP) is 1.22. The summed E-state index contributed by atoms with van der Waals surface area (Å²) in [5.74, 6) is -1.61. The first-order valence-electron chi connectivity index (χ1n) is 5.51. The van der Waals surface area contributed by atoms with Crippen LogP contribution in [0.1, 0.15) is 29.8 Å². The number of ether oxygens (including phenoxy) is 2. The molecular weight excluding hydrogens is 270 g/mol. The number of ketones is 1. The molecule has 0 bridgehead atoms. The number of carbonyl (C=O) groups excluding carboxylic acids is 2. The summed E-state index contributed by atoms with van der Waals surface area (Å²) in [5, 5.41) is 20.4. The topological polar surface area (TPSA) is 116 Å². The van der Waals surface area contributed by atoms with E-state index in [0.29, 0.717) is 0 Å². The highest BCUT2D eigenvalue weighted by Gasteiger charge is 2.30. The van der Waals surface area contributed by atoms with Gasteiger partial charge in [0.05, 0.1) is 24.2 Å². The Labute approximate surface area is 114 Å². The number of benzene rings is 1. The van der Waals surface area contributed by atoms with Crippen molar-refractivity contribution < 1.29 is 29.1 Å². The smallest absolute Gasteiger partial charge is 0.308 e. The van der Waals surface area contributed by atoms with E-state index in [2.05, 4.69) is 0 Å². The lowest BCUT2D eigenvalue weighted by Gasteiger charge is -2.14. The molecule has 0 aliphatic carbocycles. The average Bonchev–Trinajstić information content (AvgIpc) is 2.36. The highest BCUT2D eigenvalue weighted by Crippen LogP contribution is 2.40. The van der Waals surface area contributed by atoms with Crippen molar-refractivity contribution in [2.24, 2.45) is 0 Å². The first-order chi connectivity index (χ1) is 9.33. The van der Waals surface area contributed by atoms with Crippen molar-refractivity contribution in [2.75, 3.05) is 7.11 Å². The number of methoxy groups -OCH3 is 1. The van der Waals surface area contributed by atoms with E-state index < -0.39 is 29.0 Å². The summed E-state index contributed by atoms with van der Waals surface area (Å²) < 4.78 is 9.80. The van der Waals surface area contributed by atoms with Gasteiger partial charge in [0.25, 0.3) is 5.69 Å². The van der Waals surface area contributed by atoms with E-state index in [0.717, 1.165) is 19.9 Å². The second kappa shape index (κ2) is 6.11. The Morgan fingerprint density at radius 3 is 2.35 bits per heavy atom. The molecule has 0 aliphatic rings. The Morgan fingerprint density at radius 2 is 2.00 bits per heavy atom. The number of hydrogen-bond donors (Lipinski definition) is 1. The molecule has 8 heteroatoms. The van der Waals surface area contributed by atoms with Crippen LogP contribution in [0.25, 0.3) is 0 Å². The number of carbonyl (C=O) groups is 2. The molecule has 8 nitrogen and oxygen atoms in total. The SMILES string of the molecule is COc1cc(C(C)=O)c([N+](=O)[O-])c(CO)c1OC(C)=O. The van der Waals surface area contributed by atoms with Crippen molar-refractivity contribution in [3.05, 3.63) is 27.3 Å². The van der Waals surface area contributed by atoms with E-state index in [1.165, 1.54) is 7.11 Å². The normalized spacial score (nSPS) is 10.0. The molecule has 20 heavy (non-hydrogen) atoms. The van der Waals surface area contributed by atoms with Crippen LogP contribution < -0.4 is 9.47 Å². The zero-order chi connectivity index (χ0) is 15.4. The Balaban J connectivity index is 3.75. The third-order valence-electron chi connectivity index (χ3n) is 2.50. The molecule has 1 rings (SSSR count). The summed E-state index contributed by atoms with van der Waals surface area (Å²) >= 11 is 0. The molecule has 1 N–H and O–H groups in total. The fourth-order valence-electron chi connectivity index (χ4n) is 1.71. The maximum Gasteiger partial charge on any atom is 0.308 e. The maximum atomic E-state index is 11.5. The molecule has 0 amide bonds. The third-order valence-corrected chi connectivity index (χ3v) is 2.50. The molecule has 0 spiro atoms. The van der Waals surface area contributed by atoms with Crippen LogP contribution in [-0.2, 0) is 11.4 Å². The molecule has 0 aliphatic heterocycles. The largest absolute Gasteiger partial charge is 0.493 e. The summed E-state index contributed by atoms with van der Waals surface area (Å²) in [4.78, 5) is 32.8. The summed E-state index contributed by atoms with van der Waals surface area (Å²) in [6.45, 7) is 1.47. The molecule has 0 saturated heterocycles. The number of Topliss-reactive ketones (excluding diaryl/α,β-unsaturated/α-hetero) is 1. The lowest BCUT2D eigenvalue weighted by molar-refractivity contribution is -0.386. The Hall–Kier alpha value is -2.48. The van der Waals surface area contributed by atoms with Gasteiger partial charge in [0.15, 0.2) is 17.3 Å². The number of rotatable bonds is 5. The summed E-state index contributed by atoms with van der Waals surface area (Å²) in [7, 11) is 1.25. The Bertz CT molecular complexity index is 580.